The quantitative estimate of drug-likeness (QED) is 0.662. The molecule has 2 N–H and O–H groups in total. The number of methoxy groups -OCH3 is 1. The number of phenolic OH excluding ortho intramolecular Hbond substituents is 2. The van der Waals surface area contributed by atoms with Crippen molar-refractivity contribution in [1.82, 2.24) is 0 Å². The zero-order valence-electron chi connectivity index (χ0n) is 10.6. The molecule has 6 nitrogen and oxygen atoms in total. The monoisotopic (exact) mass is 272 g/mol. The maximum atomic E-state index is 11.2. The fourth-order valence-electron chi connectivity index (χ4n) is 1.49. The molecule has 0 spiro atoms. The van der Waals surface area contributed by atoms with Crippen molar-refractivity contribution in [3.63, 3.8) is 0 Å². The van der Waals surface area contributed by atoms with E-state index in [0.29, 0.717) is 11.3 Å². The maximum absolute atomic E-state index is 11.2. The molecule has 0 bridgehead atoms. The number of ether oxygens (including phenoxy) is 1. The van der Waals surface area contributed by atoms with E-state index < -0.39 is 5.97 Å². The first kappa shape index (κ1) is 13.5. The highest BCUT2D eigenvalue weighted by molar-refractivity contribution is 5.89. The number of esters is 1. The Balaban J connectivity index is 2.17. The van der Waals surface area contributed by atoms with Gasteiger partial charge >= 0.3 is 5.97 Å². The first-order chi connectivity index (χ1) is 9.60. The Morgan fingerprint density at radius 3 is 2.35 bits per heavy atom. The predicted octanol–water partition coefficient (Wildman–Crippen LogP) is 3.30. The van der Waals surface area contributed by atoms with Gasteiger partial charge in [0.25, 0.3) is 0 Å². The summed E-state index contributed by atoms with van der Waals surface area (Å²) in [5.41, 5.74) is 1.17. The highest BCUT2D eigenvalue weighted by atomic mass is 16.5. The van der Waals surface area contributed by atoms with Crippen LogP contribution in [0.3, 0.4) is 0 Å². The van der Waals surface area contributed by atoms with E-state index in [1.165, 1.54) is 25.3 Å². The number of carbonyl (C=O) groups is 1. The van der Waals surface area contributed by atoms with Crippen LogP contribution in [-0.4, -0.2) is 23.3 Å². The summed E-state index contributed by atoms with van der Waals surface area (Å²) in [4.78, 5) is 11.2. The minimum atomic E-state index is -0.426. The summed E-state index contributed by atoms with van der Waals surface area (Å²) in [7, 11) is 1.31. The van der Waals surface area contributed by atoms with Gasteiger partial charge < -0.3 is 14.9 Å². The molecular formula is C14H12N2O4. The highest BCUT2D eigenvalue weighted by Gasteiger charge is 2.04. The third kappa shape index (κ3) is 3.11. The number of hydrogen-bond acceptors (Lipinski definition) is 6. The van der Waals surface area contributed by atoms with Crippen molar-refractivity contribution >= 4 is 17.3 Å². The van der Waals surface area contributed by atoms with Gasteiger partial charge in [0, 0.05) is 6.07 Å². The van der Waals surface area contributed by atoms with Crippen LogP contribution in [0.4, 0.5) is 11.4 Å². The Kier molecular flexibility index (Phi) is 3.95. The zero-order chi connectivity index (χ0) is 14.5. The minimum absolute atomic E-state index is 0.0520. The van der Waals surface area contributed by atoms with Crippen LogP contribution in [0, 0.1) is 0 Å². The van der Waals surface area contributed by atoms with E-state index >= 15 is 0 Å². The van der Waals surface area contributed by atoms with E-state index in [0.717, 1.165) is 0 Å². The fraction of sp³-hybridized carbons (Fsp3) is 0.0714. The normalized spacial score (nSPS) is 10.7. The van der Waals surface area contributed by atoms with Crippen molar-refractivity contribution in [2.75, 3.05) is 7.11 Å². The van der Waals surface area contributed by atoms with E-state index in [2.05, 4.69) is 15.0 Å². The van der Waals surface area contributed by atoms with Gasteiger partial charge in [0.15, 0.2) is 0 Å². The van der Waals surface area contributed by atoms with Gasteiger partial charge in [-0.15, -0.1) is 5.11 Å². The van der Waals surface area contributed by atoms with E-state index in [4.69, 9.17) is 5.11 Å². The lowest BCUT2D eigenvalue weighted by atomic mass is 10.2. The summed E-state index contributed by atoms with van der Waals surface area (Å²) >= 11 is 0. The van der Waals surface area contributed by atoms with E-state index in [-0.39, 0.29) is 17.2 Å². The van der Waals surface area contributed by atoms with Gasteiger partial charge in [-0.25, -0.2) is 4.79 Å². The molecule has 0 fully saturated rings. The molecule has 20 heavy (non-hydrogen) atoms. The second kappa shape index (κ2) is 5.83. The average molecular weight is 272 g/mol. The number of benzene rings is 2. The van der Waals surface area contributed by atoms with Crippen LogP contribution in [0.5, 0.6) is 11.5 Å². The summed E-state index contributed by atoms with van der Waals surface area (Å²) in [6, 6.07) is 10.4. The molecule has 0 saturated carbocycles. The maximum Gasteiger partial charge on any atom is 0.337 e. The van der Waals surface area contributed by atoms with Crippen LogP contribution >= 0.6 is 0 Å². The molecule has 0 aromatic heterocycles. The van der Waals surface area contributed by atoms with Crippen LogP contribution < -0.4 is 0 Å². The smallest absolute Gasteiger partial charge is 0.337 e. The first-order valence-electron chi connectivity index (χ1n) is 5.72. The Morgan fingerprint density at radius 1 is 1.05 bits per heavy atom. The van der Waals surface area contributed by atoms with Crippen LogP contribution in [0.15, 0.2) is 52.7 Å². The molecule has 0 atom stereocenters. The third-order valence-corrected chi connectivity index (χ3v) is 2.52. The van der Waals surface area contributed by atoms with Gasteiger partial charge in [-0.05, 0) is 36.4 Å². The second-order valence-corrected chi connectivity index (χ2v) is 3.91. The molecule has 2 rings (SSSR count). The molecule has 0 aliphatic heterocycles. The molecule has 0 amide bonds. The Bertz CT molecular complexity index is 651. The number of nitrogens with zero attached hydrogens (tertiary/aromatic N) is 2. The molecule has 0 heterocycles. The van der Waals surface area contributed by atoms with Gasteiger partial charge in [-0.3, -0.25) is 0 Å². The van der Waals surface area contributed by atoms with E-state index in [1.54, 1.807) is 24.3 Å². The molecule has 0 aliphatic carbocycles. The second-order valence-electron chi connectivity index (χ2n) is 3.91. The third-order valence-electron chi connectivity index (χ3n) is 2.52. The van der Waals surface area contributed by atoms with Gasteiger partial charge in [0.1, 0.15) is 17.2 Å². The van der Waals surface area contributed by atoms with E-state index in [1.807, 2.05) is 0 Å². The van der Waals surface area contributed by atoms with Crippen molar-refractivity contribution in [3.8, 4) is 11.5 Å². The largest absolute Gasteiger partial charge is 0.508 e. The standard InChI is InChI=1S/C14H12N2O4/c1-20-14(19)9-2-4-10(5-3-9)15-16-12-7-6-11(17)8-13(12)18/h2-8,17-18H,1H3. The van der Waals surface area contributed by atoms with Crippen molar-refractivity contribution in [3.05, 3.63) is 48.0 Å². The molecule has 0 saturated heterocycles. The van der Waals surface area contributed by atoms with Crippen molar-refractivity contribution in [2.45, 2.75) is 0 Å². The van der Waals surface area contributed by atoms with Gasteiger partial charge in [0.05, 0.1) is 18.4 Å². The van der Waals surface area contributed by atoms with Gasteiger partial charge in [0.2, 0.25) is 0 Å². The molecule has 102 valence electrons. The predicted molar refractivity (Wildman–Crippen MR) is 71.7 cm³/mol. The summed E-state index contributed by atoms with van der Waals surface area (Å²) < 4.78 is 4.58. The fourth-order valence-corrected chi connectivity index (χ4v) is 1.49. The number of rotatable bonds is 3. The lowest BCUT2D eigenvalue weighted by molar-refractivity contribution is 0.0601. The van der Waals surface area contributed by atoms with Gasteiger partial charge in [-0.2, -0.15) is 5.11 Å². The molecule has 0 radical (unpaired) electrons. The van der Waals surface area contributed by atoms with Crippen molar-refractivity contribution in [1.29, 1.82) is 0 Å². The van der Waals surface area contributed by atoms with Crippen molar-refractivity contribution < 1.29 is 19.7 Å². The molecule has 6 heteroatoms. The van der Waals surface area contributed by atoms with Crippen LogP contribution in [0.25, 0.3) is 0 Å². The van der Waals surface area contributed by atoms with E-state index in [9.17, 15) is 9.90 Å². The van der Waals surface area contributed by atoms with Crippen LogP contribution in [0.1, 0.15) is 10.4 Å². The summed E-state index contributed by atoms with van der Waals surface area (Å²) in [6.07, 6.45) is 0. The van der Waals surface area contributed by atoms with Gasteiger partial charge in [-0.1, -0.05) is 0 Å². The first-order valence-corrected chi connectivity index (χ1v) is 5.72. The zero-order valence-corrected chi connectivity index (χ0v) is 10.6. The molecular weight excluding hydrogens is 260 g/mol. The Morgan fingerprint density at radius 2 is 1.75 bits per heavy atom. The minimum Gasteiger partial charge on any atom is -0.508 e. The summed E-state index contributed by atoms with van der Waals surface area (Å²) in [5, 5.41) is 26.5. The number of aromatic hydroxyl groups is 2. The molecule has 2 aromatic carbocycles. The topological polar surface area (TPSA) is 91.5 Å². The summed E-state index contributed by atoms with van der Waals surface area (Å²) in [5.74, 6) is -0.645. The average Bonchev–Trinajstić information content (AvgIpc) is 2.46. The lowest BCUT2D eigenvalue weighted by Gasteiger charge is -2.00. The summed E-state index contributed by atoms with van der Waals surface area (Å²) in [6.45, 7) is 0. The number of phenols is 2. The number of azo groups is 1. The highest BCUT2D eigenvalue weighted by Crippen LogP contribution is 2.31. The van der Waals surface area contributed by atoms with Crippen LogP contribution in [-0.2, 0) is 4.74 Å². The number of hydrogen-bond donors (Lipinski definition) is 2. The Hall–Kier alpha value is -2.89. The van der Waals surface area contributed by atoms with Crippen LogP contribution in [0.2, 0.25) is 0 Å². The number of carbonyl (C=O) groups excluding carboxylic acids is 1. The SMILES string of the molecule is COC(=O)c1ccc(N=Nc2ccc(O)cc2O)cc1. The lowest BCUT2D eigenvalue weighted by Crippen LogP contribution is -1.99. The molecule has 0 unspecified atom stereocenters. The van der Waals surface area contributed by atoms with Crippen molar-refractivity contribution in [2.24, 2.45) is 10.2 Å². The molecule has 0 aliphatic rings. The molecule has 2 aromatic rings. The Labute approximate surface area is 115 Å².